The molecule has 0 aliphatic carbocycles. The first-order chi connectivity index (χ1) is 9.32. The lowest BCUT2D eigenvalue weighted by molar-refractivity contribution is -0.121. The van der Waals surface area contributed by atoms with Gasteiger partial charge in [-0.3, -0.25) is 4.79 Å². The van der Waals surface area contributed by atoms with Crippen LogP contribution < -0.4 is 10.6 Å². The van der Waals surface area contributed by atoms with Crippen molar-refractivity contribution in [3.05, 3.63) is 29.8 Å². The Bertz CT molecular complexity index is 418. The number of carbonyl (C=O) groups excluding carboxylic acids is 1. The van der Waals surface area contributed by atoms with E-state index in [0.29, 0.717) is 13.0 Å². The first-order valence-corrected chi connectivity index (χ1v) is 7.46. The minimum Gasteiger partial charge on any atom is -0.385 e. The Hall–Kier alpha value is -1.51. The maximum atomic E-state index is 11.6. The van der Waals surface area contributed by atoms with E-state index in [1.807, 2.05) is 6.92 Å². The monoisotopic (exact) mass is 276 g/mol. The van der Waals surface area contributed by atoms with Gasteiger partial charge in [0.2, 0.25) is 5.91 Å². The fourth-order valence-corrected chi connectivity index (χ4v) is 1.86. The van der Waals surface area contributed by atoms with E-state index in [1.54, 1.807) is 0 Å². The van der Waals surface area contributed by atoms with Gasteiger partial charge in [0, 0.05) is 24.7 Å². The molecule has 0 spiro atoms. The Morgan fingerprint density at radius 1 is 1.20 bits per heavy atom. The molecule has 3 nitrogen and oxygen atoms in total. The van der Waals surface area contributed by atoms with Crippen LogP contribution in [0.4, 0.5) is 5.69 Å². The van der Waals surface area contributed by atoms with Crippen LogP contribution in [0, 0.1) is 0 Å². The van der Waals surface area contributed by atoms with E-state index in [1.165, 1.54) is 5.56 Å². The summed E-state index contributed by atoms with van der Waals surface area (Å²) in [5.41, 5.74) is 2.56. The molecule has 1 aromatic carbocycles. The minimum atomic E-state index is 0.109. The summed E-state index contributed by atoms with van der Waals surface area (Å²) in [4.78, 5) is 11.6. The topological polar surface area (TPSA) is 41.1 Å². The summed E-state index contributed by atoms with van der Waals surface area (Å²) in [7, 11) is 0. The van der Waals surface area contributed by atoms with Gasteiger partial charge in [-0.25, -0.2) is 0 Å². The molecule has 0 aliphatic heterocycles. The molecule has 1 aromatic rings. The molecule has 0 saturated heterocycles. The fraction of sp³-hybridized carbons (Fsp3) is 0.588. The van der Waals surface area contributed by atoms with E-state index in [9.17, 15) is 4.79 Å². The number of hydrogen-bond donors (Lipinski definition) is 2. The van der Waals surface area contributed by atoms with E-state index >= 15 is 0 Å². The van der Waals surface area contributed by atoms with Gasteiger partial charge in [-0.1, -0.05) is 39.8 Å². The summed E-state index contributed by atoms with van der Waals surface area (Å²) in [5.74, 6) is 0.109. The zero-order chi connectivity index (χ0) is 15.2. The number of amides is 1. The number of benzene rings is 1. The largest absolute Gasteiger partial charge is 0.385 e. The highest BCUT2D eigenvalue weighted by atomic mass is 16.1. The summed E-state index contributed by atoms with van der Waals surface area (Å²) in [6.45, 7) is 11.4. The van der Waals surface area contributed by atoms with E-state index in [0.717, 1.165) is 12.1 Å². The Balaban J connectivity index is 2.37. The molecule has 1 amide bonds. The molecular formula is C17H28N2O. The highest BCUT2D eigenvalue weighted by Crippen LogP contribution is 2.23. The average Bonchev–Trinajstić information content (AvgIpc) is 2.38. The van der Waals surface area contributed by atoms with Crippen LogP contribution in [0.5, 0.6) is 0 Å². The predicted molar refractivity (Wildman–Crippen MR) is 86.1 cm³/mol. The van der Waals surface area contributed by atoms with E-state index in [2.05, 4.69) is 62.6 Å². The van der Waals surface area contributed by atoms with Gasteiger partial charge >= 0.3 is 0 Å². The van der Waals surface area contributed by atoms with Gasteiger partial charge in [-0.05, 0) is 36.5 Å². The van der Waals surface area contributed by atoms with Crippen molar-refractivity contribution < 1.29 is 4.79 Å². The van der Waals surface area contributed by atoms with Crippen LogP contribution in [0.25, 0.3) is 0 Å². The Morgan fingerprint density at radius 2 is 1.80 bits per heavy atom. The Morgan fingerprint density at radius 3 is 2.30 bits per heavy atom. The van der Waals surface area contributed by atoms with E-state index in [-0.39, 0.29) is 17.4 Å². The molecule has 20 heavy (non-hydrogen) atoms. The van der Waals surface area contributed by atoms with Gasteiger partial charge in [-0.15, -0.1) is 0 Å². The maximum Gasteiger partial charge on any atom is 0.221 e. The Labute approximate surface area is 123 Å². The summed E-state index contributed by atoms with van der Waals surface area (Å²) in [6.07, 6.45) is 1.47. The summed E-state index contributed by atoms with van der Waals surface area (Å²) in [6, 6.07) is 8.69. The molecule has 2 N–H and O–H groups in total. The molecular weight excluding hydrogens is 248 g/mol. The quantitative estimate of drug-likeness (QED) is 0.832. The van der Waals surface area contributed by atoms with Crippen molar-refractivity contribution in [2.24, 2.45) is 0 Å². The summed E-state index contributed by atoms with van der Waals surface area (Å²) >= 11 is 0. The standard InChI is InChI=1S/C17H28N2O/c1-6-13(2)19-16(20)11-12-18-15-9-7-14(8-10-15)17(3,4)5/h7-10,13,18H,6,11-12H2,1-5H3,(H,19,20). The molecule has 0 heterocycles. The van der Waals surface area contributed by atoms with Gasteiger partial charge < -0.3 is 10.6 Å². The molecule has 1 atom stereocenters. The molecule has 1 unspecified atom stereocenters. The lowest BCUT2D eigenvalue weighted by atomic mass is 9.87. The highest BCUT2D eigenvalue weighted by molar-refractivity contribution is 5.76. The zero-order valence-corrected chi connectivity index (χ0v) is 13.4. The molecule has 1 rings (SSSR count). The maximum absolute atomic E-state index is 11.6. The van der Waals surface area contributed by atoms with Crippen LogP contribution in [0.15, 0.2) is 24.3 Å². The average molecular weight is 276 g/mol. The SMILES string of the molecule is CCC(C)NC(=O)CCNc1ccc(C(C)(C)C)cc1. The number of hydrogen-bond acceptors (Lipinski definition) is 2. The zero-order valence-electron chi connectivity index (χ0n) is 13.4. The lowest BCUT2D eigenvalue weighted by Gasteiger charge is -2.19. The third kappa shape index (κ3) is 5.64. The highest BCUT2D eigenvalue weighted by Gasteiger charge is 2.12. The molecule has 0 radical (unpaired) electrons. The molecule has 112 valence electrons. The molecule has 3 heteroatoms. The van der Waals surface area contributed by atoms with Crippen LogP contribution in [0.2, 0.25) is 0 Å². The second-order valence-corrected chi connectivity index (χ2v) is 6.38. The first kappa shape index (κ1) is 16.5. The fourth-order valence-electron chi connectivity index (χ4n) is 1.86. The minimum absolute atomic E-state index is 0.109. The van der Waals surface area contributed by atoms with Gasteiger partial charge in [0.1, 0.15) is 0 Å². The molecule has 0 bridgehead atoms. The third-order valence-electron chi connectivity index (χ3n) is 3.45. The van der Waals surface area contributed by atoms with E-state index in [4.69, 9.17) is 0 Å². The van der Waals surface area contributed by atoms with Crippen molar-refractivity contribution in [1.82, 2.24) is 5.32 Å². The number of anilines is 1. The van der Waals surface area contributed by atoms with Gasteiger partial charge in [-0.2, -0.15) is 0 Å². The smallest absolute Gasteiger partial charge is 0.221 e. The number of rotatable bonds is 6. The van der Waals surface area contributed by atoms with E-state index < -0.39 is 0 Å². The third-order valence-corrected chi connectivity index (χ3v) is 3.45. The van der Waals surface area contributed by atoms with Crippen molar-refractivity contribution >= 4 is 11.6 Å². The summed E-state index contributed by atoms with van der Waals surface area (Å²) < 4.78 is 0. The predicted octanol–water partition coefficient (Wildman–Crippen LogP) is 3.70. The second-order valence-electron chi connectivity index (χ2n) is 6.38. The van der Waals surface area contributed by atoms with Crippen LogP contribution in [0.1, 0.15) is 53.0 Å². The number of carbonyl (C=O) groups is 1. The van der Waals surface area contributed by atoms with Gasteiger partial charge in [0.05, 0.1) is 0 Å². The second kappa shape index (κ2) is 7.32. The van der Waals surface area contributed by atoms with Gasteiger partial charge in [0.15, 0.2) is 0 Å². The van der Waals surface area contributed by atoms with Crippen molar-refractivity contribution in [2.75, 3.05) is 11.9 Å². The summed E-state index contributed by atoms with van der Waals surface area (Å²) in [5, 5.41) is 6.25. The Kier molecular flexibility index (Phi) is 6.05. The molecule has 0 saturated carbocycles. The first-order valence-electron chi connectivity index (χ1n) is 7.46. The molecule has 0 aliphatic rings. The lowest BCUT2D eigenvalue weighted by Crippen LogP contribution is -2.32. The van der Waals surface area contributed by atoms with Crippen LogP contribution in [0.3, 0.4) is 0 Å². The van der Waals surface area contributed by atoms with Crippen LogP contribution >= 0.6 is 0 Å². The number of nitrogens with one attached hydrogen (secondary N) is 2. The van der Waals surface area contributed by atoms with Crippen LogP contribution in [-0.2, 0) is 10.2 Å². The molecule has 0 aromatic heterocycles. The van der Waals surface area contributed by atoms with Crippen molar-refractivity contribution in [2.45, 2.75) is 58.9 Å². The van der Waals surface area contributed by atoms with Crippen LogP contribution in [-0.4, -0.2) is 18.5 Å². The molecule has 0 fully saturated rings. The van der Waals surface area contributed by atoms with Crippen molar-refractivity contribution in [3.8, 4) is 0 Å². The van der Waals surface area contributed by atoms with Crippen molar-refractivity contribution in [3.63, 3.8) is 0 Å². The van der Waals surface area contributed by atoms with Gasteiger partial charge in [0.25, 0.3) is 0 Å². The van der Waals surface area contributed by atoms with Crippen molar-refractivity contribution in [1.29, 1.82) is 0 Å². The normalized spacial score (nSPS) is 12.8.